The summed E-state index contributed by atoms with van der Waals surface area (Å²) in [6.07, 6.45) is 27.9. The fraction of sp³-hybridized carbons (Fsp3) is 0.952. The molecule has 0 aliphatic heterocycles. The second kappa shape index (κ2) is 24.5. The summed E-state index contributed by atoms with van der Waals surface area (Å²) in [5, 5.41) is 12.2. The quantitative estimate of drug-likeness (QED) is 0.216. The van der Waals surface area contributed by atoms with Crippen LogP contribution < -0.4 is 0 Å². The lowest BCUT2D eigenvalue weighted by molar-refractivity contribution is 0.548. The molecule has 5 heteroatoms. The normalized spacial score (nSPS) is 11.0. The van der Waals surface area contributed by atoms with Crippen molar-refractivity contribution in [3.05, 3.63) is 6.33 Å². The van der Waals surface area contributed by atoms with Crippen LogP contribution >= 0.6 is 8.58 Å². The van der Waals surface area contributed by atoms with Crippen molar-refractivity contribution in [1.29, 1.82) is 0 Å². The van der Waals surface area contributed by atoms with Crippen LogP contribution in [0.4, 0.5) is 0 Å². The van der Waals surface area contributed by atoms with Crippen LogP contribution in [0.15, 0.2) is 6.33 Å². The van der Waals surface area contributed by atoms with Crippen LogP contribution in [0.2, 0.25) is 0 Å². The van der Waals surface area contributed by atoms with Crippen LogP contribution in [0.5, 0.6) is 0 Å². The van der Waals surface area contributed by atoms with Crippen molar-refractivity contribution in [3.8, 4) is 0 Å². The summed E-state index contributed by atoms with van der Waals surface area (Å²) >= 11 is 0. The fourth-order valence-corrected chi connectivity index (χ4v) is 4.27. The van der Waals surface area contributed by atoms with Crippen LogP contribution in [-0.4, -0.2) is 32.9 Å². The van der Waals surface area contributed by atoms with Crippen LogP contribution in [0.25, 0.3) is 0 Å². The lowest BCUT2D eigenvalue weighted by atomic mass is 10.1. The van der Waals surface area contributed by atoms with E-state index >= 15 is 0 Å². The number of nitrogens with zero attached hydrogens (tertiary/aromatic N) is 3. The van der Waals surface area contributed by atoms with Crippen molar-refractivity contribution < 1.29 is 0 Å². The number of unbranched alkanes of at least 4 members (excludes halogenated alkanes) is 14. The molecule has 1 unspecified atom stereocenters. The molecule has 26 heavy (non-hydrogen) atoms. The minimum absolute atomic E-state index is 1.26. The number of hydrogen-bond acceptors (Lipinski definition) is 3. The molecule has 0 aromatic carbocycles. The summed E-state index contributed by atoms with van der Waals surface area (Å²) in [5.74, 6) is 0. The summed E-state index contributed by atoms with van der Waals surface area (Å²) in [5.41, 5.74) is 0. The Morgan fingerprint density at radius 1 is 0.615 bits per heavy atom. The maximum atomic E-state index is 3.38. The van der Waals surface area contributed by atoms with Crippen molar-refractivity contribution in [3.63, 3.8) is 0 Å². The summed E-state index contributed by atoms with van der Waals surface area (Å²) in [6, 6.07) is 0. The zero-order valence-electron chi connectivity index (χ0n) is 17.6. The smallest absolute Gasteiger partial charge is 0.161 e. The molecule has 1 heterocycles. The van der Waals surface area contributed by atoms with E-state index in [0.717, 1.165) is 0 Å². The average Bonchev–Trinajstić information content (AvgIpc) is 3.24. The molecule has 0 saturated heterocycles. The van der Waals surface area contributed by atoms with Gasteiger partial charge in [0.15, 0.2) is 6.33 Å². The molecule has 0 fully saturated rings. The van der Waals surface area contributed by atoms with Gasteiger partial charge in [0.1, 0.15) is 0 Å². The second-order valence-corrected chi connectivity index (χ2v) is 8.76. The van der Waals surface area contributed by atoms with Crippen molar-refractivity contribution >= 4 is 8.58 Å². The SMILES string of the molecule is CCCCCCCCCCCCCCPCCCCCC.c1nn[nH]n1. The maximum Gasteiger partial charge on any atom is 0.161 e. The van der Waals surface area contributed by atoms with E-state index in [9.17, 15) is 0 Å². The maximum absolute atomic E-state index is 3.38. The molecule has 0 radical (unpaired) electrons. The zero-order valence-corrected chi connectivity index (χ0v) is 18.6. The van der Waals surface area contributed by atoms with Gasteiger partial charge in [-0.1, -0.05) is 109 Å². The molecular formula is C21H45N4P. The first-order chi connectivity index (χ1) is 12.9. The number of tetrazole rings is 1. The molecule has 1 aromatic rings. The van der Waals surface area contributed by atoms with E-state index in [2.05, 4.69) is 34.5 Å². The van der Waals surface area contributed by atoms with Crippen LogP contribution in [0, 0.1) is 0 Å². The summed E-state index contributed by atoms with van der Waals surface area (Å²) < 4.78 is 0. The van der Waals surface area contributed by atoms with Crippen LogP contribution in [-0.2, 0) is 0 Å². The molecule has 0 saturated carbocycles. The van der Waals surface area contributed by atoms with E-state index < -0.39 is 0 Å². The van der Waals surface area contributed by atoms with Crippen molar-refractivity contribution in [2.45, 2.75) is 117 Å². The number of hydrogen-bond donors (Lipinski definition) is 1. The topological polar surface area (TPSA) is 54.5 Å². The molecule has 0 aliphatic carbocycles. The van der Waals surface area contributed by atoms with Gasteiger partial charge in [-0.15, -0.1) is 18.8 Å². The van der Waals surface area contributed by atoms with Gasteiger partial charge in [0.25, 0.3) is 0 Å². The Labute approximate surface area is 164 Å². The van der Waals surface area contributed by atoms with Gasteiger partial charge >= 0.3 is 0 Å². The Kier molecular flexibility index (Phi) is 24.0. The Morgan fingerprint density at radius 2 is 1.04 bits per heavy atom. The van der Waals surface area contributed by atoms with Crippen LogP contribution in [0.1, 0.15) is 117 Å². The Bertz CT molecular complexity index is 285. The lowest BCUT2D eigenvalue weighted by Gasteiger charge is -2.03. The molecular weight excluding hydrogens is 339 g/mol. The van der Waals surface area contributed by atoms with Gasteiger partial charge in [-0.3, -0.25) is 0 Å². The standard InChI is InChI=1S/C20H43P.CH2N4/c1-3-5-7-9-10-11-12-13-14-15-16-18-20-21-19-17-8-6-4-2;1-2-4-5-3-1/h21H,3-20H2,1-2H3;1H,(H,2,3,4,5). The van der Waals surface area contributed by atoms with E-state index in [1.807, 2.05) is 0 Å². The van der Waals surface area contributed by atoms with Gasteiger partial charge in [0, 0.05) is 0 Å². The highest BCUT2D eigenvalue weighted by atomic mass is 31.1. The molecule has 1 N–H and O–H groups in total. The minimum Gasteiger partial charge on any atom is -0.177 e. The molecule has 0 bridgehead atoms. The highest BCUT2D eigenvalue weighted by Crippen LogP contribution is 2.18. The molecule has 1 aromatic heterocycles. The number of aromatic amines is 1. The second-order valence-electron chi connectivity index (χ2n) is 7.26. The minimum atomic E-state index is 1.26. The average molecular weight is 385 g/mol. The highest BCUT2D eigenvalue weighted by Gasteiger charge is 1.94. The largest absolute Gasteiger partial charge is 0.177 e. The van der Waals surface area contributed by atoms with Crippen molar-refractivity contribution in [2.75, 3.05) is 12.3 Å². The predicted octanol–water partition coefficient (Wildman–Crippen LogP) is 7.15. The molecule has 0 amide bonds. The summed E-state index contributed by atoms with van der Waals surface area (Å²) in [6.45, 7) is 4.60. The highest BCUT2D eigenvalue weighted by molar-refractivity contribution is 7.37. The Hall–Kier alpha value is -0.500. The number of H-pyrrole nitrogens is 1. The summed E-state index contributed by atoms with van der Waals surface area (Å²) in [4.78, 5) is 0. The van der Waals surface area contributed by atoms with E-state index in [1.54, 1.807) is 0 Å². The molecule has 154 valence electrons. The molecule has 0 spiro atoms. The fourth-order valence-electron chi connectivity index (χ4n) is 3.02. The van der Waals surface area contributed by atoms with E-state index in [4.69, 9.17) is 0 Å². The zero-order chi connectivity index (χ0) is 19.0. The first-order valence-corrected chi connectivity index (χ1v) is 12.7. The van der Waals surface area contributed by atoms with Crippen molar-refractivity contribution in [2.24, 2.45) is 0 Å². The summed E-state index contributed by atoms with van der Waals surface area (Å²) in [7, 11) is 1.26. The molecule has 0 aliphatic rings. The Morgan fingerprint density at radius 3 is 1.38 bits per heavy atom. The van der Waals surface area contributed by atoms with Crippen molar-refractivity contribution in [1.82, 2.24) is 20.6 Å². The lowest BCUT2D eigenvalue weighted by Crippen LogP contribution is -1.85. The first kappa shape index (κ1) is 25.5. The molecule has 1 atom stereocenters. The monoisotopic (exact) mass is 384 g/mol. The molecule has 4 nitrogen and oxygen atoms in total. The van der Waals surface area contributed by atoms with Gasteiger partial charge in [0.2, 0.25) is 0 Å². The van der Waals surface area contributed by atoms with Gasteiger partial charge in [-0.05, 0) is 25.2 Å². The predicted molar refractivity (Wildman–Crippen MR) is 117 cm³/mol. The molecule has 1 rings (SSSR count). The third-order valence-electron chi connectivity index (χ3n) is 4.68. The number of rotatable bonds is 18. The van der Waals surface area contributed by atoms with Gasteiger partial charge < -0.3 is 0 Å². The third kappa shape index (κ3) is 23.5. The number of aromatic nitrogens is 4. The van der Waals surface area contributed by atoms with E-state index in [0.29, 0.717) is 0 Å². The van der Waals surface area contributed by atoms with E-state index in [1.165, 1.54) is 130 Å². The number of nitrogens with one attached hydrogen (secondary N) is 1. The Balaban J connectivity index is 0.00000106. The van der Waals surface area contributed by atoms with E-state index in [-0.39, 0.29) is 0 Å². The van der Waals surface area contributed by atoms with Gasteiger partial charge in [-0.2, -0.15) is 5.21 Å². The first-order valence-electron chi connectivity index (χ1n) is 11.3. The third-order valence-corrected chi connectivity index (χ3v) is 6.10. The van der Waals surface area contributed by atoms with Gasteiger partial charge in [0.05, 0.1) is 0 Å². The van der Waals surface area contributed by atoms with Gasteiger partial charge in [-0.25, -0.2) is 0 Å². The van der Waals surface area contributed by atoms with Crippen LogP contribution in [0.3, 0.4) is 0 Å².